The number of hydrogen-bond donors (Lipinski definition) is 0. The third-order valence-electron chi connectivity index (χ3n) is 4.82. The molecule has 4 rings (SSSR count). The normalized spacial score (nSPS) is 15.2. The van der Waals surface area contributed by atoms with E-state index in [1.165, 1.54) is 26.4 Å². The van der Waals surface area contributed by atoms with Crippen LogP contribution in [0.2, 0.25) is 0 Å². The maximum Gasteiger partial charge on any atom is 0.341 e. The van der Waals surface area contributed by atoms with Gasteiger partial charge < -0.3 is 9.64 Å². The fourth-order valence-electron chi connectivity index (χ4n) is 3.64. The molecule has 1 aliphatic rings. The van der Waals surface area contributed by atoms with Crippen LogP contribution in [-0.2, 0) is 4.74 Å². The molecule has 0 aliphatic carbocycles. The summed E-state index contributed by atoms with van der Waals surface area (Å²) in [5.74, 6) is 0.779. The standard InChI is InChI=1S/C19H21N3O2/c1-13-12-16(21-10-6-3-7-11-21)22-15-9-5-4-8-14(15)20-18(22)17(13)19(23)24-2/h4-5,8-9,12H,3,6-7,10-11H2,1-2H3. The van der Waals surface area contributed by atoms with Gasteiger partial charge in [0.15, 0.2) is 5.65 Å². The van der Waals surface area contributed by atoms with E-state index in [0.717, 1.165) is 35.5 Å². The number of para-hydroxylation sites is 2. The first-order valence-electron chi connectivity index (χ1n) is 8.45. The van der Waals surface area contributed by atoms with Crippen molar-refractivity contribution in [2.75, 3.05) is 25.1 Å². The molecular weight excluding hydrogens is 302 g/mol. The molecule has 1 saturated heterocycles. The van der Waals surface area contributed by atoms with E-state index < -0.39 is 0 Å². The van der Waals surface area contributed by atoms with Crippen molar-refractivity contribution in [1.82, 2.24) is 9.38 Å². The Morgan fingerprint density at radius 2 is 1.92 bits per heavy atom. The molecule has 0 spiro atoms. The molecule has 0 radical (unpaired) electrons. The van der Waals surface area contributed by atoms with Gasteiger partial charge in [0.1, 0.15) is 11.4 Å². The zero-order valence-corrected chi connectivity index (χ0v) is 14.1. The van der Waals surface area contributed by atoms with Crippen molar-refractivity contribution >= 4 is 28.5 Å². The van der Waals surface area contributed by atoms with Gasteiger partial charge in [-0.1, -0.05) is 12.1 Å². The summed E-state index contributed by atoms with van der Waals surface area (Å²) in [6.45, 7) is 4.04. The largest absolute Gasteiger partial charge is 0.465 e. The van der Waals surface area contributed by atoms with Gasteiger partial charge in [0.2, 0.25) is 0 Å². The second-order valence-electron chi connectivity index (χ2n) is 6.36. The number of anilines is 1. The van der Waals surface area contributed by atoms with Crippen molar-refractivity contribution in [2.45, 2.75) is 26.2 Å². The van der Waals surface area contributed by atoms with Crippen LogP contribution in [0.3, 0.4) is 0 Å². The number of imidazole rings is 1. The van der Waals surface area contributed by atoms with Crippen molar-refractivity contribution in [2.24, 2.45) is 0 Å². The quantitative estimate of drug-likeness (QED) is 0.676. The van der Waals surface area contributed by atoms with Gasteiger partial charge in [0, 0.05) is 13.1 Å². The minimum absolute atomic E-state index is 0.335. The van der Waals surface area contributed by atoms with Crippen LogP contribution in [0.25, 0.3) is 16.7 Å². The smallest absolute Gasteiger partial charge is 0.341 e. The van der Waals surface area contributed by atoms with Crippen molar-refractivity contribution in [3.05, 3.63) is 41.5 Å². The minimum atomic E-state index is -0.335. The first-order chi connectivity index (χ1) is 11.7. The first kappa shape index (κ1) is 15.0. The van der Waals surface area contributed by atoms with E-state index in [4.69, 9.17) is 9.72 Å². The molecule has 24 heavy (non-hydrogen) atoms. The Morgan fingerprint density at radius 3 is 2.67 bits per heavy atom. The molecule has 124 valence electrons. The van der Waals surface area contributed by atoms with Crippen LogP contribution in [0, 0.1) is 6.92 Å². The minimum Gasteiger partial charge on any atom is -0.465 e. The molecule has 1 aromatic carbocycles. The van der Waals surface area contributed by atoms with Crippen molar-refractivity contribution in [3.63, 3.8) is 0 Å². The van der Waals surface area contributed by atoms with Crippen LogP contribution in [0.5, 0.6) is 0 Å². The first-order valence-corrected chi connectivity index (χ1v) is 8.45. The second kappa shape index (κ2) is 5.82. The molecule has 0 amide bonds. The van der Waals surface area contributed by atoms with Gasteiger partial charge in [0.05, 0.1) is 18.1 Å². The van der Waals surface area contributed by atoms with Gasteiger partial charge in [0.25, 0.3) is 0 Å². The predicted molar refractivity (Wildman–Crippen MR) is 94.8 cm³/mol. The van der Waals surface area contributed by atoms with Crippen LogP contribution in [0.15, 0.2) is 30.3 Å². The molecule has 0 bridgehead atoms. The van der Waals surface area contributed by atoms with Crippen LogP contribution < -0.4 is 4.90 Å². The molecule has 0 unspecified atom stereocenters. The molecule has 3 aromatic rings. The molecule has 1 aliphatic heterocycles. The number of esters is 1. The molecule has 2 aromatic heterocycles. The van der Waals surface area contributed by atoms with Crippen molar-refractivity contribution in [1.29, 1.82) is 0 Å². The molecule has 0 atom stereocenters. The van der Waals surface area contributed by atoms with Gasteiger partial charge in [-0.15, -0.1) is 0 Å². The maximum absolute atomic E-state index is 12.3. The Balaban J connectivity index is 2.07. The number of rotatable bonds is 2. The maximum atomic E-state index is 12.3. The zero-order valence-electron chi connectivity index (χ0n) is 14.1. The zero-order chi connectivity index (χ0) is 16.7. The Bertz CT molecular complexity index is 923. The van der Waals surface area contributed by atoms with Crippen molar-refractivity contribution in [3.8, 4) is 0 Å². The molecular formula is C19H21N3O2. The number of fused-ring (bicyclic) bond motifs is 3. The number of piperidine rings is 1. The summed E-state index contributed by atoms with van der Waals surface area (Å²) < 4.78 is 7.11. The Morgan fingerprint density at radius 1 is 1.17 bits per heavy atom. The highest BCUT2D eigenvalue weighted by Gasteiger charge is 2.23. The number of carbonyl (C=O) groups is 1. The number of hydrogen-bond acceptors (Lipinski definition) is 4. The van der Waals surface area contributed by atoms with Crippen LogP contribution in [0.4, 0.5) is 5.82 Å². The van der Waals surface area contributed by atoms with Crippen LogP contribution in [0.1, 0.15) is 35.2 Å². The van der Waals surface area contributed by atoms with Crippen LogP contribution in [-0.4, -0.2) is 35.6 Å². The Kier molecular flexibility index (Phi) is 3.63. The number of aryl methyl sites for hydroxylation is 1. The number of benzene rings is 1. The monoisotopic (exact) mass is 323 g/mol. The van der Waals surface area contributed by atoms with Crippen LogP contribution >= 0.6 is 0 Å². The average molecular weight is 323 g/mol. The number of ether oxygens (including phenoxy) is 1. The molecule has 0 N–H and O–H groups in total. The summed E-state index contributed by atoms with van der Waals surface area (Å²) >= 11 is 0. The van der Waals surface area contributed by atoms with E-state index in [0.29, 0.717) is 11.2 Å². The summed E-state index contributed by atoms with van der Waals surface area (Å²) in [5, 5.41) is 0. The van der Waals surface area contributed by atoms with Gasteiger partial charge in [-0.05, 0) is 49.9 Å². The van der Waals surface area contributed by atoms with E-state index in [9.17, 15) is 4.79 Å². The number of methoxy groups -OCH3 is 1. The van der Waals surface area contributed by atoms with Gasteiger partial charge in [-0.3, -0.25) is 4.40 Å². The highest BCUT2D eigenvalue weighted by atomic mass is 16.5. The summed E-state index contributed by atoms with van der Waals surface area (Å²) in [4.78, 5) is 19.5. The number of nitrogens with zero attached hydrogens (tertiary/aromatic N) is 3. The Hall–Kier alpha value is -2.56. The fraction of sp³-hybridized carbons (Fsp3) is 0.368. The lowest BCUT2D eigenvalue weighted by atomic mass is 10.1. The second-order valence-corrected chi connectivity index (χ2v) is 6.36. The lowest BCUT2D eigenvalue weighted by Gasteiger charge is -2.30. The molecule has 1 fully saturated rings. The summed E-state index contributed by atoms with van der Waals surface area (Å²) in [6, 6.07) is 10.1. The van der Waals surface area contributed by atoms with E-state index in [1.54, 1.807) is 0 Å². The molecule has 5 heteroatoms. The van der Waals surface area contributed by atoms with Gasteiger partial charge >= 0.3 is 5.97 Å². The van der Waals surface area contributed by atoms with Crippen molar-refractivity contribution < 1.29 is 9.53 Å². The summed E-state index contributed by atoms with van der Waals surface area (Å²) in [7, 11) is 1.42. The van der Waals surface area contributed by atoms with E-state index in [1.807, 2.05) is 25.1 Å². The topological polar surface area (TPSA) is 46.8 Å². The van der Waals surface area contributed by atoms with Gasteiger partial charge in [-0.25, -0.2) is 9.78 Å². The predicted octanol–water partition coefficient (Wildman–Crippen LogP) is 3.57. The van der Waals surface area contributed by atoms with E-state index in [2.05, 4.69) is 21.4 Å². The number of pyridine rings is 1. The summed E-state index contributed by atoms with van der Waals surface area (Å²) in [5.41, 5.74) is 4.06. The molecule has 5 nitrogen and oxygen atoms in total. The van der Waals surface area contributed by atoms with E-state index >= 15 is 0 Å². The third-order valence-corrected chi connectivity index (χ3v) is 4.82. The summed E-state index contributed by atoms with van der Waals surface area (Å²) in [6.07, 6.45) is 3.68. The fourth-order valence-corrected chi connectivity index (χ4v) is 3.64. The SMILES string of the molecule is COC(=O)c1c(C)cc(N2CCCCC2)n2c1nc1ccccc12. The lowest BCUT2D eigenvalue weighted by Crippen LogP contribution is -2.31. The number of carbonyl (C=O) groups excluding carboxylic acids is 1. The highest BCUT2D eigenvalue weighted by molar-refractivity contribution is 6.00. The highest BCUT2D eigenvalue weighted by Crippen LogP contribution is 2.30. The molecule has 0 saturated carbocycles. The van der Waals surface area contributed by atoms with E-state index in [-0.39, 0.29) is 5.97 Å². The number of aromatic nitrogens is 2. The molecule has 3 heterocycles. The third kappa shape index (κ3) is 2.23. The lowest BCUT2D eigenvalue weighted by molar-refractivity contribution is 0.0601. The Labute approximate surface area is 140 Å². The van der Waals surface area contributed by atoms with Gasteiger partial charge in [-0.2, -0.15) is 0 Å². The average Bonchev–Trinajstić information content (AvgIpc) is 3.00.